The molecule has 0 spiro atoms. The summed E-state index contributed by atoms with van der Waals surface area (Å²) in [5, 5.41) is 0. The fraction of sp³-hybridized carbons (Fsp3) is 0.611. The molecule has 0 saturated carbocycles. The molecule has 2 nitrogen and oxygen atoms in total. The second-order valence-electron chi connectivity index (χ2n) is 6.56. The summed E-state index contributed by atoms with van der Waals surface area (Å²) in [6.07, 6.45) is 6.63. The highest BCUT2D eigenvalue weighted by Gasteiger charge is 2.39. The molecule has 0 aromatic heterocycles. The molecule has 1 saturated heterocycles. The first-order chi connectivity index (χ1) is 9.70. The molecule has 108 valence electrons. The lowest BCUT2D eigenvalue weighted by molar-refractivity contribution is -0.125. The Kier molecular flexibility index (Phi) is 3.93. The maximum Gasteiger partial charge on any atom is 0.143 e. The first kappa shape index (κ1) is 13.8. The van der Waals surface area contributed by atoms with Crippen LogP contribution in [0.4, 0.5) is 0 Å². The van der Waals surface area contributed by atoms with E-state index in [-0.39, 0.29) is 5.41 Å². The summed E-state index contributed by atoms with van der Waals surface area (Å²) < 4.78 is 0. The number of carbonyl (C=O) groups is 1. The maximum absolute atomic E-state index is 12.5. The minimum atomic E-state index is -0.258. The number of carbonyl (C=O) groups excluding carboxylic acids is 1. The summed E-state index contributed by atoms with van der Waals surface area (Å²) in [5.74, 6) is 0.438. The number of hydrogen-bond acceptors (Lipinski definition) is 2. The van der Waals surface area contributed by atoms with Crippen LogP contribution in [-0.4, -0.2) is 30.3 Å². The third kappa shape index (κ3) is 2.54. The molecule has 1 aliphatic heterocycles. The average Bonchev–Trinajstić information content (AvgIpc) is 2.51. The molecule has 1 aromatic rings. The number of fused-ring (bicyclic) bond motifs is 1. The number of ketones is 1. The fourth-order valence-electron chi connectivity index (χ4n) is 3.79. The van der Waals surface area contributed by atoms with Gasteiger partial charge in [0.05, 0.1) is 5.41 Å². The quantitative estimate of drug-likeness (QED) is 0.840. The summed E-state index contributed by atoms with van der Waals surface area (Å²) in [5.41, 5.74) is 2.41. The lowest BCUT2D eigenvalue weighted by Gasteiger charge is -2.37. The topological polar surface area (TPSA) is 20.3 Å². The monoisotopic (exact) mass is 271 g/mol. The highest BCUT2D eigenvalue weighted by atomic mass is 16.1. The third-order valence-corrected chi connectivity index (χ3v) is 5.23. The smallest absolute Gasteiger partial charge is 0.143 e. The van der Waals surface area contributed by atoms with Crippen LogP contribution in [-0.2, 0) is 16.6 Å². The van der Waals surface area contributed by atoms with E-state index >= 15 is 0 Å². The second kappa shape index (κ2) is 5.69. The van der Waals surface area contributed by atoms with Crippen molar-refractivity contribution in [3.05, 3.63) is 35.4 Å². The zero-order chi connectivity index (χ0) is 14.0. The summed E-state index contributed by atoms with van der Waals surface area (Å²) >= 11 is 0. The summed E-state index contributed by atoms with van der Waals surface area (Å²) in [4.78, 5) is 15.1. The molecule has 1 atom stereocenters. The Labute approximate surface area is 122 Å². The zero-order valence-corrected chi connectivity index (χ0v) is 12.5. The standard InChI is InChI=1S/C18H25NO/c1-18(11-14-19-12-5-2-6-13-19)16-8-4-3-7-15(16)9-10-17(18)20/h3-4,7-8H,2,5-6,9-14H2,1H3. The van der Waals surface area contributed by atoms with E-state index in [9.17, 15) is 4.79 Å². The van der Waals surface area contributed by atoms with Gasteiger partial charge in [0.2, 0.25) is 0 Å². The van der Waals surface area contributed by atoms with E-state index in [1.165, 1.54) is 43.5 Å². The molecule has 2 aliphatic rings. The van der Waals surface area contributed by atoms with Crippen LogP contribution in [0.2, 0.25) is 0 Å². The highest BCUT2D eigenvalue weighted by molar-refractivity contribution is 5.91. The van der Waals surface area contributed by atoms with Crippen LogP contribution in [0.1, 0.15) is 50.2 Å². The molecule has 0 bridgehead atoms. The largest absolute Gasteiger partial charge is 0.303 e. The Morgan fingerprint density at radius 2 is 1.85 bits per heavy atom. The highest BCUT2D eigenvalue weighted by Crippen LogP contribution is 2.37. The number of Topliss-reactive ketones (excluding diaryl/α,β-unsaturated/α-hetero) is 1. The van der Waals surface area contributed by atoms with Crippen LogP contribution >= 0.6 is 0 Å². The predicted molar refractivity (Wildman–Crippen MR) is 82.0 cm³/mol. The van der Waals surface area contributed by atoms with Gasteiger partial charge in [-0.05, 0) is 63.4 Å². The van der Waals surface area contributed by atoms with Gasteiger partial charge >= 0.3 is 0 Å². The number of aryl methyl sites for hydroxylation is 1. The Morgan fingerprint density at radius 3 is 2.65 bits per heavy atom. The van der Waals surface area contributed by atoms with Crippen molar-refractivity contribution in [1.29, 1.82) is 0 Å². The number of likely N-dealkylation sites (tertiary alicyclic amines) is 1. The van der Waals surface area contributed by atoms with Crippen molar-refractivity contribution in [2.75, 3.05) is 19.6 Å². The van der Waals surface area contributed by atoms with Crippen LogP contribution in [0.5, 0.6) is 0 Å². The Morgan fingerprint density at radius 1 is 1.10 bits per heavy atom. The Balaban J connectivity index is 1.77. The normalized spacial score (nSPS) is 27.4. The number of nitrogens with zero attached hydrogens (tertiary/aromatic N) is 1. The van der Waals surface area contributed by atoms with Gasteiger partial charge in [0.25, 0.3) is 0 Å². The van der Waals surface area contributed by atoms with E-state index in [1.807, 2.05) is 0 Å². The minimum Gasteiger partial charge on any atom is -0.303 e. The lowest BCUT2D eigenvalue weighted by Crippen LogP contribution is -2.41. The van der Waals surface area contributed by atoms with Gasteiger partial charge in [0.1, 0.15) is 5.78 Å². The van der Waals surface area contributed by atoms with E-state index in [0.29, 0.717) is 12.2 Å². The molecule has 1 aliphatic carbocycles. The average molecular weight is 271 g/mol. The van der Waals surface area contributed by atoms with Crippen LogP contribution in [0.3, 0.4) is 0 Å². The first-order valence-corrected chi connectivity index (χ1v) is 8.04. The Bertz CT molecular complexity index is 490. The molecule has 1 unspecified atom stereocenters. The SMILES string of the molecule is CC1(CCN2CCCCC2)C(=O)CCc2ccccc21. The molecule has 0 amide bonds. The number of hydrogen-bond donors (Lipinski definition) is 0. The van der Waals surface area contributed by atoms with Gasteiger partial charge in [-0.15, -0.1) is 0 Å². The van der Waals surface area contributed by atoms with Crippen molar-refractivity contribution in [2.24, 2.45) is 0 Å². The third-order valence-electron chi connectivity index (χ3n) is 5.23. The molecule has 1 fully saturated rings. The van der Waals surface area contributed by atoms with Crippen LogP contribution in [0.15, 0.2) is 24.3 Å². The number of benzene rings is 1. The maximum atomic E-state index is 12.5. The summed E-state index contributed by atoms with van der Waals surface area (Å²) in [6, 6.07) is 8.54. The van der Waals surface area contributed by atoms with Crippen molar-refractivity contribution in [1.82, 2.24) is 4.90 Å². The number of rotatable bonds is 3. The van der Waals surface area contributed by atoms with Crippen LogP contribution < -0.4 is 0 Å². The predicted octanol–water partition coefficient (Wildman–Crippen LogP) is 3.34. The van der Waals surface area contributed by atoms with Gasteiger partial charge < -0.3 is 4.90 Å². The summed E-state index contributed by atoms with van der Waals surface area (Å²) in [7, 11) is 0. The Hall–Kier alpha value is -1.15. The van der Waals surface area contributed by atoms with E-state index in [2.05, 4.69) is 36.1 Å². The van der Waals surface area contributed by atoms with Gasteiger partial charge in [-0.25, -0.2) is 0 Å². The minimum absolute atomic E-state index is 0.258. The lowest BCUT2D eigenvalue weighted by atomic mass is 9.68. The molecule has 1 heterocycles. The van der Waals surface area contributed by atoms with E-state index in [1.54, 1.807) is 0 Å². The molecular formula is C18H25NO. The van der Waals surface area contributed by atoms with E-state index in [0.717, 1.165) is 19.4 Å². The number of piperidine rings is 1. The van der Waals surface area contributed by atoms with E-state index in [4.69, 9.17) is 0 Å². The van der Waals surface area contributed by atoms with Gasteiger partial charge in [-0.2, -0.15) is 0 Å². The zero-order valence-electron chi connectivity index (χ0n) is 12.5. The van der Waals surface area contributed by atoms with Gasteiger partial charge in [0, 0.05) is 6.42 Å². The van der Waals surface area contributed by atoms with E-state index < -0.39 is 0 Å². The van der Waals surface area contributed by atoms with Crippen molar-refractivity contribution in [2.45, 2.75) is 50.9 Å². The van der Waals surface area contributed by atoms with Crippen molar-refractivity contribution >= 4 is 5.78 Å². The molecule has 3 rings (SSSR count). The molecular weight excluding hydrogens is 246 g/mol. The molecule has 2 heteroatoms. The molecule has 0 radical (unpaired) electrons. The van der Waals surface area contributed by atoms with Crippen LogP contribution in [0, 0.1) is 0 Å². The van der Waals surface area contributed by atoms with Gasteiger partial charge in [-0.3, -0.25) is 4.79 Å². The molecule has 0 N–H and O–H groups in total. The first-order valence-electron chi connectivity index (χ1n) is 8.04. The fourth-order valence-corrected chi connectivity index (χ4v) is 3.79. The van der Waals surface area contributed by atoms with Crippen molar-refractivity contribution in [3.8, 4) is 0 Å². The molecule has 1 aromatic carbocycles. The van der Waals surface area contributed by atoms with Crippen LogP contribution in [0.25, 0.3) is 0 Å². The van der Waals surface area contributed by atoms with Gasteiger partial charge in [-0.1, -0.05) is 30.7 Å². The summed E-state index contributed by atoms with van der Waals surface area (Å²) in [6.45, 7) is 5.66. The van der Waals surface area contributed by atoms with Crippen molar-refractivity contribution in [3.63, 3.8) is 0 Å². The second-order valence-corrected chi connectivity index (χ2v) is 6.56. The van der Waals surface area contributed by atoms with Gasteiger partial charge in [0.15, 0.2) is 0 Å². The van der Waals surface area contributed by atoms with Crippen molar-refractivity contribution < 1.29 is 4.79 Å². The molecule has 20 heavy (non-hydrogen) atoms.